The molecule has 0 aliphatic heterocycles. The van der Waals surface area contributed by atoms with Gasteiger partial charge in [-0.3, -0.25) is 10.1 Å². The Labute approximate surface area is 114 Å². The highest BCUT2D eigenvalue weighted by Crippen LogP contribution is 2.30. The molecular formula is C12H12ClN3O3. The number of halogens is 1. The van der Waals surface area contributed by atoms with Gasteiger partial charge in [-0.2, -0.15) is 4.98 Å². The number of hydrogen-bond acceptors (Lipinski definition) is 5. The Bertz CT molecular complexity index is 612. The van der Waals surface area contributed by atoms with Crippen LogP contribution in [0.3, 0.4) is 0 Å². The van der Waals surface area contributed by atoms with E-state index in [2.05, 4.69) is 10.1 Å². The van der Waals surface area contributed by atoms with Crippen LogP contribution in [-0.4, -0.2) is 15.1 Å². The first-order chi connectivity index (χ1) is 9.04. The summed E-state index contributed by atoms with van der Waals surface area (Å²) in [5.74, 6) is 0.639. The van der Waals surface area contributed by atoms with E-state index >= 15 is 0 Å². The van der Waals surface area contributed by atoms with Gasteiger partial charge >= 0.3 is 0 Å². The molecule has 1 unspecified atom stereocenters. The van der Waals surface area contributed by atoms with Crippen LogP contribution in [0, 0.1) is 17.0 Å². The van der Waals surface area contributed by atoms with Gasteiger partial charge in [-0.15, -0.1) is 11.6 Å². The van der Waals surface area contributed by atoms with Gasteiger partial charge in [-0.25, -0.2) is 0 Å². The van der Waals surface area contributed by atoms with Crippen LogP contribution < -0.4 is 0 Å². The molecule has 19 heavy (non-hydrogen) atoms. The van der Waals surface area contributed by atoms with Crippen molar-refractivity contribution in [2.75, 3.05) is 0 Å². The lowest BCUT2D eigenvalue weighted by Gasteiger charge is -2.01. The molecule has 0 aliphatic carbocycles. The van der Waals surface area contributed by atoms with Crippen molar-refractivity contribution in [3.8, 4) is 11.5 Å². The van der Waals surface area contributed by atoms with Crippen molar-refractivity contribution in [1.29, 1.82) is 0 Å². The number of nitrogens with zero attached hydrogens (tertiary/aromatic N) is 3. The molecule has 1 atom stereocenters. The van der Waals surface area contributed by atoms with E-state index in [1.54, 1.807) is 19.1 Å². The van der Waals surface area contributed by atoms with E-state index in [9.17, 15) is 10.1 Å². The average molecular weight is 282 g/mol. The standard InChI is InChI=1S/C12H12ClN3O3/c1-3-9(13)11-14-12(19-15-11)8-5-4-6-10(7(8)2)16(17)18/h4-6,9H,3H2,1-2H3. The zero-order chi connectivity index (χ0) is 14.0. The van der Waals surface area contributed by atoms with Gasteiger partial charge in [-0.05, 0) is 19.4 Å². The van der Waals surface area contributed by atoms with Gasteiger partial charge in [0, 0.05) is 17.2 Å². The second kappa shape index (κ2) is 5.36. The maximum Gasteiger partial charge on any atom is 0.273 e. The summed E-state index contributed by atoms with van der Waals surface area (Å²) < 4.78 is 5.12. The van der Waals surface area contributed by atoms with Crippen molar-refractivity contribution in [2.24, 2.45) is 0 Å². The molecule has 2 aromatic rings. The highest BCUT2D eigenvalue weighted by Gasteiger charge is 2.20. The predicted molar refractivity (Wildman–Crippen MR) is 70.0 cm³/mol. The fourth-order valence-electron chi connectivity index (χ4n) is 1.71. The lowest BCUT2D eigenvalue weighted by molar-refractivity contribution is -0.385. The summed E-state index contributed by atoms with van der Waals surface area (Å²) in [5.41, 5.74) is 1.06. The quantitative estimate of drug-likeness (QED) is 0.485. The number of nitro groups is 1. The molecule has 1 heterocycles. The van der Waals surface area contributed by atoms with Crippen molar-refractivity contribution in [2.45, 2.75) is 25.6 Å². The Balaban J connectivity index is 2.45. The fourth-order valence-corrected chi connectivity index (χ4v) is 1.80. The highest BCUT2D eigenvalue weighted by atomic mass is 35.5. The Kier molecular flexibility index (Phi) is 3.80. The van der Waals surface area contributed by atoms with E-state index in [4.69, 9.17) is 16.1 Å². The maximum absolute atomic E-state index is 10.9. The molecule has 2 rings (SSSR count). The Morgan fingerprint density at radius 2 is 2.26 bits per heavy atom. The summed E-state index contributed by atoms with van der Waals surface area (Å²) in [5, 5.41) is 14.4. The van der Waals surface area contributed by atoms with Crippen molar-refractivity contribution < 1.29 is 9.45 Å². The van der Waals surface area contributed by atoms with Crippen LogP contribution in [0.25, 0.3) is 11.5 Å². The summed E-state index contributed by atoms with van der Waals surface area (Å²) >= 11 is 6.02. The number of aromatic nitrogens is 2. The SMILES string of the molecule is CCC(Cl)c1noc(-c2cccc([N+](=O)[O-])c2C)n1. The Morgan fingerprint density at radius 3 is 2.89 bits per heavy atom. The monoisotopic (exact) mass is 281 g/mol. The van der Waals surface area contributed by atoms with Gasteiger partial charge in [0.25, 0.3) is 11.6 Å². The molecule has 0 spiro atoms. The van der Waals surface area contributed by atoms with Crippen LogP contribution in [0.4, 0.5) is 5.69 Å². The van der Waals surface area contributed by atoms with Gasteiger partial charge < -0.3 is 4.52 Å². The summed E-state index contributed by atoms with van der Waals surface area (Å²) in [4.78, 5) is 14.6. The van der Waals surface area contributed by atoms with E-state index < -0.39 is 4.92 Å². The third-order valence-electron chi connectivity index (χ3n) is 2.81. The molecule has 0 aliphatic rings. The molecule has 1 aromatic heterocycles. The van der Waals surface area contributed by atoms with Crippen molar-refractivity contribution in [3.05, 3.63) is 39.7 Å². The van der Waals surface area contributed by atoms with E-state index in [0.717, 1.165) is 0 Å². The molecule has 0 amide bonds. The van der Waals surface area contributed by atoms with Gasteiger partial charge in [0.15, 0.2) is 5.82 Å². The lowest BCUT2D eigenvalue weighted by Crippen LogP contribution is -1.94. The highest BCUT2D eigenvalue weighted by molar-refractivity contribution is 6.20. The van der Waals surface area contributed by atoms with Gasteiger partial charge in [0.1, 0.15) is 0 Å². The van der Waals surface area contributed by atoms with Crippen LogP contribution in [0.15, 0.2) is 22.7 Å². The molecule has 0 bridgehead atoms. The smallest absolute Gasteiger partial charge is 0.273 e. The van der Waals surface area contributed by atoms with Crippen molar-refractivity contribution >= 4 is 17.3 Å². The Hall–Kier alpha value is -1.95. The Morgan fingerprint density at radius 1 is 1.53 bits per heavy atom. The maximum atomic E-state index is 10.9. The molecule has 6 nitrogen and oxygen atoms in total. The normalized spacial score (nSPS) is 12.4. The number of alkyl halides is 1. The largest absolute Gasteiger partial charge is 0.334 e. The molecule has 100 valence electrons. The zero-order valence-corrected chi connectivity index (χ0v) is 11.2. The van der Waals surface area contributed by atoms with Crippen LogP contribution in [0.5, 0.6) is 0 Å². The van der Waals surface area contributed by atoms with Crippen LogP contribution in [-0.2, 0) is 0 Å². The predicted octanol–water partition coefficient (Wildman–Crippen LogP) is 3.64. The molecule has 0 N–H and O–H groups in total. The summed E-state index contributed by atoms with van der Waals surface area (Å²) in [6.45, 7) is 3.56. The fraction of sp³-hybridized carbons (Fsp3) is 0.333. The van der Waals surface area contributed by atoms with Crippen molar-refractivity contribution in [3.63, 3.8) is 0 Å². The lowest BCUT2D eigenvalue weighted by atomic mass is 10.1. The first-order valence-corrected chi connectivity index (χ1v) is 6.20. The van der Waals surface area contributed by atoms with Crippen LogP contribution >= 0.6 is 11.6 Å². The number of hydrogen-bond donors (Lipinski definition) is 0. The first kappa shape index (κ1) is 13.5. The second-order valence-electron chi connectivity index (χ2n) is 4.04. The van der Waals surface area contributed by atoms with E-state index in [0.29, 0.717) is 23.4 Å². The van der Waals surface area contributed by atoms with Crippen molar-refractivity contribution in [1.82, 2.24) is 10.1 Å². The van der Waals surface area contributed by atoms with E-state index in [1.165, 1.54) is 6.07 Å². The minimum absolute atomic E-state index is 0.0233. The topological polar surface area (TPSA) is 82.1 Å². The van der Waals surface area contributed by atoms with Crippen LogP contribution in [0.2, 0.25) is 0 Å². The molecular weight excluding hydrogens is 270 g/mol. The summed E-state index contributed by atoms with van der Waals surface area (Å²) in [6, 6.07) is 4.73. The van der Waals surface area contributed by atoms with Gasteiger partial charge in [-0.1, -0.05) is 18.1 Å². The minimum atomic E-state index is -0.438. The van der Waals surface area contributed by atoms with Gasteiger partial charge in [0.2, 0.25) is 0 Å². The van der Waals surface area contributed by atoms with E-state index in [-0.39, 0.29) is 17.0 Å². The summed E-state index contributed by atoms with van der Waals surface area (Å²) in [6.07, 6.45) is 0.675. The number of benzene rings is 1. The number of rotatable bonds is 4. The minimum Gasteiger partial charge on any atom is -0.334 e. The van der Waals surface area contributed by atoms with E-state index in [1.807, 2.05) is 6.92 Å². The molecule has 0 radical (unpaired) electrons. The number of nitro benzene ring substituents is 1. The third kappa shape index (κ3) is 2.58. The summed E-state index contributed by atoms with van der Waals surface area (Å²) in [7, 11) is 0. The molecule has 0 saturated carbocycles. The van der Waals surface area contributed by atoms with Gasteiger partial charge in [0.05, 0.1) is 10.3 Å². The van der Waals surface area contributed by atoms with Crippen LogP contribution in [0.1, 0.15) is 30.1 Å². The molecule has 7 heteroatoms. The third-order valence-corrected chi connectivity index (χ3v) is 3.32. The zero-order valence-electron chi connectivity index (χ0n) is 10.5. The first-order valence-electron chi connectivity index (χ1n) is 5.76. The molecule has 0 fully saturated rings. The second-order valence-corrected chi connectivity index (χ2v) is 4.57. The molecule has 0 saturated heterocycles. The molecule has 1 aromatic carbocycles. The average Bonchev–Trinajstić information content (AvgIpc) is 2.87.